The van der Waals surface area contributed by atoms with Crippen molar-refractivity contribution in [1.29, 1.82) is 0 Å². The Morgan fingerprint density at radius 1 is 1.31 bits per heavy atom. The number of carbonyl (C=O) groups excluding carboxylic acids is 1. The summed E-state index contributed by atoms with van der Waals surface area (Å²) < 4.78 is 0. The van der Waals surface area contributed by atoms with E-state index >= 15 is 0 Å². The number of rotatable bonds is 5. The second kappa shape index (κ2) is 8.10. The van der Waals surface area contributed by atoms with Crippen LogP contribution < -0.4 is 5.32 Å². The van der Waals surface area contributed by atoms with Gasteiger partial charge >= 0.3 is 0 Å². The zero-order valence-electron chi connectivity index (χ0n) is 9.47. The van der Waals surface area contributed by atoms with E-state index in [0.29, 0.717) is 18.7 Å². The predicted octanol–water partition coefficient (Wildman–Crippen LogP) is 1.33. The number of hydrogen-bond acceptors (Lipinski definition) is 3. The minimum absolute atomic E-state index is 0. The maximum atomic E-state index is 11.5. The van der Waals surface area contributed by atoms with Crippen LogP contribution in [-0.2, 0) is 4.84 Å². The Hall–Kier alpha value is -1.10. The molecule has 0 heterocycles. The Kier molecular flexibility index (Phi) is 7.54. The van der Waals surface area contributed by atoms with Crippen LogP contribution in [0.15, 0.2) is 30.3 Å². The van der Waals surface area contributed by atoms with E-state index in [2.05, 4.69) is 5.32 Å². The summed E-state index contributed by atoms with van der Waals surface area (Å²) in [4.78, 5) is 16.7. The molecule has 0 spiro atoms. The molecule has 4 nitrogen and oxygen atoms in total. The lowest BCUT2D eigenvalue weighted by Crippen LogP contribution is -2.29. The van der Waals surface area contributed by atoms with Gasteiger partial charge in [0.2, 0.25) is 0 Å². The second-order valence-corrected chi connectivity index (χ2v) is 3.27. The molecule has 0 aliphatic carbocycles. The van der Waals surface area contributed by atoms with Gasteiger partial charge in [-0.15, -0.1) is 12.4 Å². The van der Waals surface area contributed by atoms with Crippen LogP contribution in [0.1, 0.15) is 10.4 Å². The third-order valence-electron chi connectivity index (χ3n) is 1.77. The van der Waals surface area contributed by atoms with Gasteiger partial charge in [-0.2, -0.15) is 5.06 Å². The zero-order valence-corrected chi connectivity index (χ0v) is 10.3. The molecule has 0 bridgehead atoms. The Labute approximate surface area is 102 Å². The summed E-state index contributed by atoms with van der Waals surface area (Å²) in [6.07, 6.45) is 0. The number of hydroxylamine groups is 2. The average Bonchev–Trinajstić information content (AvgIpc) is 2.25. The molecule has 0 radical (unpaired) electrons. The summed E-state index contributed by atoms with van der Waals surface area (Å²) in [6, 6.07) is 9.12. The first-order valence-corrected chi connectivity index (χ1v) is 4.83. The van der Waals surface area contributed by atoms with Gasteiger partial charge in [-0.05, 0) is 12.1 Å². The highest BCUT2D eigenvalue weighted by Crippen LogP contribution is 1.97. The lowest BCUT2D eigenvalue weighted by Gasteiger charge is -2.10. The third kappa shape index (κ3) is 5.70. The summed E-state index contributed by atoms with van der Waals surface area (Å²) >= 11 is 0. The van der Waals surface area contributed by atoms with Crippen molar-refractivity contribution in [3.63, 3.8) is 0 Å². The number of amides is 1. The Morgan fingerprint density at radius 3 is 2.50 bits per heavy atom. The fourth-order valence-electron chi connectivity index (χ4n) is 1.08. The van der Waals surface area contributed by atoms with Crippen molar-refractivity contribution in [1.82, 2.24) is 10.4 Å². The van der Waals surface area contributed by atoms with E-state index in [-0.39, 0.29) is 18.3 Å². The first kappa shape index (κ1) is 14.9. The highest BCUT2D eigenvalue weighted by Gasteiger charge is 2.02. The van der Waals surface area contributed by atoms with Crippen molar-refractivity contribution in [2.75, 3.05) is 27.2 Å². The molecule has 0 aromatic heterocycles. The highest BCUT2D eigenvalue weighted by molar-refractivity contribution is 5.94. The standard InChI is InChI=1S/C11H16N2O2.ClH/c1-13(2)15-9-8-12-11(14)10-6-4-3-5-7-10;/h3-7H,8-9H2,1-2H3,(H,12,14);1H. The molecule has 16 heavy (non-hydrogen) atoms. The SMILES string of the molecule is CN(C)OCCNC(=O)c1ccccc1.Cl. The van der Waals surface area contributed by atoms with Crippen molar-refractivity contribution in [3.8, 4) is 0 Å². The van der Waals surface area contributed by atoms with Crippen LogP contribution in [0.5, 0.6) is 0 Å². The van der Waals surface area contributed by atoms with Gasteiger partial charge in [0.05, 0.1) is 6.61 Å². The van der Waals surface area contributed by atoms with Crippen LogP contribution in [0.2, 0.25) is 0 Å². The molecule has 0 aliphatic rings. The number of nitrogens with one attached hydrogen (secondary N) is 1. The van der Waals surface area contributed by atoms with Gasteiger partial charge < -0.3 is 5.32 Å². The minimum Gasteiger partial charge on any atom is -0.350 e. The van der Waals surface area contributed by atoms with E-state index < -0.39 is 0 Å². The van der Waals surface area contributed by atoms with Crippen LogP contribution in [0.3, 0.4) is 0 Å². The van der Waals surface area contributed by atoms with Gasteiger partial charge in [0.25, 0.3) is 5.91 Å². The van der Waals surface area contributed by atoms with Crippen LogP contribution >= 0.6 is 12.4 Å². The average molecular weight is 245 g/mol. The van der Waals surface area contributed by atoms with Gasteiger partial charge in [0.1, 0.15) is 0 Å². The topological polar surface area (TPSA) is 41.6 Å². The molecule has 0 saturated heterocycles. The molecule has 0 saturated carbocycles. The molecule has 1 amide bonds. The van der Waals surface area contributed by atoms with Crippen molar-refractivity contribution in [3.05, 3.63) is 35.9 Å². The minimum atomic E-state index is -0.0713. The van der Waals surface area contributed by atoms with Gasteiger partial charge in [-0.1, -0.05) is 18.2 Å². The normalized spacial score (nSPS) is 9.69. The molecule has 5 heteroatoms. The first-order chi connectivity index (χ1) is 7.20. The summed E-state index contributed by atoms with van der Waals surface area (Å²) in [5.74, 6) is -0.0713. The molecule has 0 aliphatic heterocycles. The smallest absolute Gasteiger partial charge is 0.251 e. The van der Waals surface area contributed by atoms with Gasteiger partial charge in [0.15, 0.2) is 0 Å². The molecular weight excluding hydrogens is 228 g/mol. The lowest BCUT2D eigenvalue weighted by atomic mass is 10.2. The fourth-order valence-corrected chi connectivity index (χ4v) is 1.08. The van der Waals surface area contributed by atoms with E-state index in [1.165, 1.54) is 0 Å². The van der Waals surface area contributed by atoms with Crippen molar-refractivity contribution < 1.29 is 9.63 Å². The zero-order chi connectivity index (χ0) is 11.1. The van der Waals surface area contributed by atoms with Gasteiger partial charge in [0, 0.05) is 26.2 Å². The van der Waals surface area contributed by atoms with E-state index in [0.717, 1.165) is 0 Å². The summed E-state index contributed by atoms with van der Waals surface area (Å²) in [5.41, 5.74) is 0.669. The predicted molar refractivity (Wildman–Crippen MR) is 65.7 cm³/mol. The van der Waals surface area contributed by atoms with Gasteiger partial charge in [-0.25, -0.2) is 0 Å². The van der Waals surface area contributed by atoms with Crippen LogP contribution in [0.25, 0.3) is 0 Å². The lowest BCUT2D eigenvalue weighted by molar-refractivity contribution is -0.117. The number of carbonyl (C=O) groups is 1. The van der Waals surface area contributed by atoms with E-state index in [4.69, 9.17) is 4.84 Å². The Bertz CT molecular complexity index is 304. The number of halogens is 1. The maximum absolute atomic E-state index is 11.5. The molecule has 1 aromatic carbocycles. The molecular formula is C11H17ClN2O2. The summed E-state index contributed by atoms with van der Waals surface area (Å²) in [7, 11) is 3.61. The fraction of sp³-hybridized carbons (Fsp3) is 0.364. The van der Waals surface area contributed by atoms with Crippen molar-refractivity contribution in [2.45, 2.75) is 0 Å². The quantitative estimate of drug-likeness (QED) is 0.628. The van der Waals surface area contributed by atoms with Crippen molar-refractivity contribution in [2.24, 2.45) is 0 Å². The monoisotopic (exact) mass is 244 g/mol. The molecule has 1 rings (SSSR count). The molecule has 0 unspecified atom stereocenters. The van der Waals surface area contributed by atoms with Crippen LogP contribution in [0, 0.1) is 0 Å². The van der Waals surface area contributed by atoms with Crippen LogP contribution in [-0.4, -0.2) is 38.2 Å². The Balaban J connectivity index is 0.00000225. The molecule has 0 atom stereocenters. The van der Waals surface area contributed by atoms with E-state index in [9.17, 15) is 4.79 Å². The molecule has 1 N–H and O–H groups in total. The first-order valence-electron chi connectivity index (χ1n) is 4.83. The third-order valence-corrected chi connectivity index (χ3v) is 1.77. The summed E-state index contributed by atoms with van der Waals surface area (Å²) in [6.45, 7) is 0.984. The Morgan fingerprint density at radius 2 is 1.94 bits per heavy atom. The maximum Gasteiger partial charge on any atom is 0.251 e. The second-order valence-electron chi connectivity index (χ2n) is 3.27. The molecule has 0 fully saturated rings. The van der Waals surface area contributed by atoms with Gasteiger partial charge in [-0.3, -0.25) is 9.63 Å². The summed E-state index contributed by atoms with van der Waals surface area (Å²) in [5, 5.41) is 4.37. The highest BCUT2D eigenvalue weighted by atomic mass is 35.5. The number of benzene rings is 1. The van der Waals surface area contributed by atoms with Crippen LogP contribution in [0.4, 0.5) is 0 Å². The number of hydrogen-bond donors (Lipinski definition) is 1. The molecule has 90 valence electrons. The number of nitrogens with zero attached hydrogens (tertiary/aromatic N) is 1. The largest absolute Gasteiger partial charge is 0.350 e. The molecule has 1 aromatic rings. The van der Waals surface area contributed by atoms with Crippen molar-refractivity contribution >= 4 is 18.3 Å². The van der Waals surface area contributed by atoms with E-state index in [1.54, 1.807) is 31.3 Å². The van der Waals surface area contributed by atoms with E-state index in [1.807, 2.05) is 18.2 Å².